The number of aromatic hydroxyl groups is 1. The quantitative estimate of drug-likeness (QED) is 0.480. The van der Waals surface area contributed by atoms with Crippen LogP contribution < -0.4 is 0 Å². The predicted molar refractivity (Wildman–Crippen MR) is 57.4 cm³/mol. The van der Waals surface area contributed by atoms with Gasteiger partial charge in [-0.1, -0.05) is 22.8 Å². The van der Waals surface area contributed by atoms with Gasteiger partial charge in [0.1, 0.15) is 11.8 Å². The van der Waals surface area contributed by atoms with Crippen LogP contribution in [0, 0.1) is 0 Å². The highest BCUT2D eigenvalue weighted by molar-refractivity contribution is 6.32. The average Bonchev–Trinajstić information content (AvgIpc) is 2.22. The molecule has 2 N–H and O–H groups in total. The lowest BCUT2D eigenvalue weighted by Gasteiger charge is -2.06. The van der Waals surface area contributed by atoms with Gasteiger partial charge in [-0.15, -0.1) is 0 Å². The molecule has 1 aromatic rings. The molecule has 7 heteroatoms. The van der Waals surface area contributed by atoms with Gasteiger partial charge in [-0.3, -0.25) is 4.79 Å². The van der Waals surface area contributed by atoms with Crippen molar-refractivity contribution in [3.63, 3.8) is 0 Å². The van der Waals surface area contributed by atoms with Crippen LogP contribution in [0.5, 0.6) is 5.75 Å². The number of hydrogen-bond donors (Lipinski definition) is 2. The van der Waals surface area contributed by atoms with Crippen LogP contribution in [0.1, 0.15) is 5.56 Å². The molecule has 0 radical (unpaired) electrons. The zero-order valence-electron chi connectivity index (χ0n) is 8.04. The normalized spacial score (nSPS) is 11.6. The lowest BCUT2D eigenvalue weighted by Crippen LogP contribution is -2.19. The standard InChI is InChI=1S/C9H8ClN3O3/c10-6-3-5(1-2-8(6)14)4-7(9(15)16)12-13-11/h1-3,7,14H,4H2,(H,15,16). The predicted octanol–water partition coefficient (Wildman–Crippen LogP) is 2.35. The molecule has 0 saturated heterocycles. The minimum Gasteiger partial charge on any atom is -0.506 e. The number of carboxylic acid groups (broad SMARTS) is 1. The Balaban J connectivity index is 2.89. The van der Waals surface area contributed by atoms with Gasteiger partial charge in [-0.25, -0.2) is 0 Å². The molecule has 0 fully saturated rings. The summed E-state index contributed by atoms with van der Waals surface area (Å²) in [5.74, 6) is -1.29. The molecule has 0 aliphatic rings. The molecule has 0 amide bonds. The van der Waals surface area contributed by atoms with E-state index in [2.05, 4.69) is 10.0 Å². The van der Waals surface area contributed by atoms with Gasteiger partial charge < -0.3 is 10.2 Å². The number of azide groups is 1. The van der Waals surface area contributed by atoms with Crippen molar-refractivity contribution in [3.8, 4) is 5.75 Å². The summed E-state index contributed by atoms with van der Waals surface area (Å²) in [4.78, 5) is 13.2. The molecule has 1 unspecified atom stereocenters. The van der Waals surface area contributed by atoms with Crippen molar-refractivity contribution < 1.29 is 15.0 Å². The fourth-order valence-corrected chi connectivity index (χ4v) is 1.34. The van der Waals surface area contributed by atoms with Gasteiger partial charge in [-0.2, -0.15) is 0 Å². The van der Waals surface area contributed by atoms with Gasteiger partial charge in [0.15, 0.2) is 0 Å². The Morgan fingerprint density at radius 3 is 2.81 bits per heavy atom. The molecule has 6 nitrogen and oxygen atoms in total. The first-order valence-electron chi connectivity index (χ1n) is 4.29. The van der Waals surface area contributed by atoms with Crippen molar-refractivity contribution in [3.05, 3.63) is 39.2 Å². The minimum atomic E-state index is -1.21. The Morgan fingerprint density at radius 1 is 1.62 bits per heavy atom. The number of phenolic OH excluding ortho intramolecular Hbond substituents is 1. The number of carboxylic acids is 1. The summed E-state index contributed by atoms with van der Waals surface area (Å²) < 4.78 is 0. The molecular formula is C9H8ClN3O3. The second-order valence-corrected chi connectivity index (χ2v) is 3.46. The van der Waals surface area contributed by atoms with Crippen LogP contribution in [0.4, 0.5) is 0 Å². The average molecular weight is 242 g/mol. The number of benzene rings is 1. The first kappa shape index (κ1) is 12.2. The van der Waals surface area contributed by atoms with Crippen molar-refractivity contribution >= 4 is 17.6 Å². The zero-order chi connectivity index (χ0) is 12.1. The molecular weight excluding hydrogens is 234 g/mol. The Bertz CT molecular complexity index is 455. The third-order valence-electron chi connectivity index (χ3n) is 1.92. The van der Waals surface area contributed by atoms with Crippen LogP contribution in [-0.2, 0) is 11.2 Å². The van der Waals surface area contributed by atoms with Crippen LogP contribution in [-0.4, -0.2) is 22.2 Å². The summed E-state index contributed by atoms with van der Waals surface area (Å²) in [6, 6.07) is 3.13. The highest BCUT2D eigenvalue weighted by Crippen LogP contribution is 2.24. The summed E-state index contributed by atoms with van der Waals surface area (Å²) in [5.41, 5.74) is 8.76. The van der Waals surface area contributed by atoms with Crippen molar-refractivity contribution in [1.29, 1.82) is 0 Å². The Labute approximate surface area is 95.7 Å². The van der Waals surface area contributed by atoms with E-state index in [0.29, 0.717) is 5.56 Å². The maximum atomic E-state index is 10.7. The smallest absolute Gasteiger partial charge is 0.312 e. The molecule has 16 heavy (non-hydrogen) atoms. The summed E-state index contributed by atoms with van der Waals surface area (Å²) >= 11 is 5.65. The van der Waals surface area contributed by atoms with E-state index in [9.17, 15) is 4.79 Å². The lowest BCUT2D eigenvalue weighted by molar-refractivity contribution is -0.138. The maximum absolute atomic E-state index is 10.7. The van der Waals surface area contributed by atoms with Gasteiger partial charge in [0.25, 0.3) is 0 Å². The second kappa shape index (κ2) is 5.25. The third-order valence-corrected chi connectivity index (χ3v) is 2.22. The SMILES string of the molecule is [N-]=[N+]=NC(Cc1ccc(O)c(Cl)c1)C(=O)O. The van der Waals surface area contributed by atoms with Crippen LogP contribution in [0.15, 0.2) is 23.3 Å². The second-order valence-electron chi connectivity index (χ2n) is 3.05. The van der Waals surface area contributed by atoms with Crippen molar-refractivity contribution in [2.45, 2.75) is 12.5 Å². The summed E-state index contributed by atoms with van der Waals surface area (Å²) in [5, 5.41) is 21.2. The van der Waals surface area contributed by atoms with Gasteiger partial charge in [0.2, 0.25) is 0 Å². The van der Waals surface area contributed by atoms with Gasteiger partial charge in [0.05, 0.1) is 5.02 Å². The van der Waals surface area contributed by atoms with E-state index < -0.39 is 12.0 Å². The Kier molecular flexibility index (Phi) is 3.99. The Morgan fingerprint density at radius 2 is 2.31 bits per heavy atom. The minimum absolute atomic E-state index is 0.0272. The number of rotatable bonds is 4. The van der Waals surface area contributed by atoms with Crippen LogP contribution in [0.25, 0.3) is 10.4 Å². The van der Waals surface area contributed by atoms with Crippen LogP contribution in [0.2, 0.25) is 5.02 Å². The number of halogens is 1. The molecule has 1 atom stereocenters. The van der Waals surface area contributed by atoms with E-state index >= 15 is 0 Å². The number of phenols is 1. The van der Waals surface area contributed by atoms with E-state index in [0.717, 1.165) is 0 Å². The number of hydrogen-bond acceptors (Lipinski definition) is 3. The van der Waals surface area contributed by atoms with E-state index in [4.69, 9.17) is 27.3 Å². The van der Waals surface area contributed by atoms with Gasteiger partial charge in [-0.05, 0) is 29.6 Å². The maximum Gasteiger partial charge on any atom is 0.312 e. The number of carbonyl (C=O) groups is 1. The molecule has 0 bridgehead atoms. The number of aliphatic carboxylic acids is 1. The zero-order valence-corrected chi connectivity index (χ0v) is 8.79. The molecule has 0 aromatic heterocycles. The van der Waals surface area contributed by atoms with Gasteiger partial charge >= 0.3 is 5.97 Å². The van der Waals surface area contributed by atoms with Crippen LogP contribution >= 0.6 is 11.6 Å². The van der Waals surface area contributed by atoms with Crippen molar-refractivity contribution in [2.75, 3.05) is 0 Å². The molecule has 84 valence electrons. The van der Waals surface area contributed by atoms with E-state index in [-0.39, 0.29) is 17.2 Å². The molecule has 0 spiro atoms. The van der Waals surface area contributed by atoms with Crippen LogP contribution in [0.3, 0.4) is 0 Å². The monoisotopic (exact) mass is 241 g/mol. The summed E-state index contributed by atoms with van der Waals surface area (Å²) in [6.07, 6.45) is 0.0272. The highest BCUT2D eigenvalue weighted by Gasteiger charge is 2.16. The fraction of sp³-hybridized carbons (Fsp3) is 0.222. The molecule has 1 rings (SSSR count). The summed E-state index contributed by atoms with van der Waals surface area (Å²) in [7, 11) is 0. The first-order chi connectivity index (χ1) is 7.54. The molecule has 1 aromatic carbocycles. The molecule has 0 saturated carbocycles. The van der Waals surface area contributed by atoms with Crippen molar-refractivity contribution in [2.24, 2.45) is 5.11 Å². The topological polar surface area (TPSA) is 106 Å². The molecule has 0 aliphatic heterocycles. The fourth-order valence-electron chi connectivity index (χ4n) is 1.14. The number of nitrogens with zero attached hydrogens (tertiary/aromatic N) is 3. The van der Waals surface area contributed by atoms with Gasteiger partial charge in [0, 0.05) is 4.91 Å². The van der Waals surface area contributed by atoms with E-state index in [1.165, 1.54) is 18.2 Å². The highest BCUT2D eigenvalue weighted by atomic mass is 35.5. The third kappa shape index (κ3) is 3.05. The largest absolute Gasteiger partial charge is 0.506 e. The van der Waals surface area contributed by atoms with E-state index in [1.54, 1.807) is 0 Å². The summed E-state index contributed by atoms with van der Waals surface area (Å²) in [6.45, 7) is 0. The van der Waals surface area contributed by atoms with E-state index in [1.807, 2.05) is 0 Å². The first-order valence-corrected chi connectivity index (χ1v) is 4.66. The Hall–Kier alpha value is -1.91. The molecule has 0 heterocycles. The molecule has 0 aliphatic carbocycles. The lowest BCUT2D eigenvalue weighted by atomic mass is 10.1. The van der Waals surface area contributed by atoms with Crippen molar-refractivity contribution in [1.82, 2.24) is 0 Å².